The molecule has 0 bridgehead atoms. The highest BCUT2D eigenvalue weighted by Crippen LogP contribution is 2.16. The minimum atomic E-state index is 0.492. The van der Waals surface area contributed by atoms with Crippen molar-refractivity contribution in [3.63, 3.8) is 0 Å². The summed E-state index contributed by atoms with van der Waals surface area (Å²) in [6.45, 7) is 2.29. The fourth-order valence-corrected chi connectivity index (χ4v) is 5.14. The van der Waals surface area contributed by atoms with Crippen LogP contribution < -0.4 is 0 Å². The molecule has 0 aromatic carbocycles. The van der Waals surface area contributed by atoms with Gasteiger partial charge in [0, 0.05) is 19.3 Å². The third-order valence-corrected chi connectivity index (χ3v) is 7.59. The van der Waals surface area contributed by atoms with Crippen molar-refractivity contribution in [3.05, 3.63) is 0 Å². The number of aldehydes is 1. The maximum atomic E-state index is 12.0. The Balaban J connectivity index is 3.13. The van der Waals surface area contributed by atoms with Gasteiger partial charge in [-0.05, 0) is 19.3 Å². The van der Waals surface area contributed by atoms with Crippen LogP contribution >= 0.6 is 0 Å². The quantitative estimate of drug-likeness (QED) is 0.0712. The summed E-state index contributed by atoms with van der Waals surface area (Å²) in [6.07, 6.45) is 39.6. The van der Waals surface area contributed by atoms with E-state index in [0.717, 1.165) is 44.8 Å². The van der Waals surface area contributed by atoms with Crippen molar-refractivity contribution in [2.24, 2.45) is 0 Å². The van der Waals surface area contributed by atoms with Gasteiger partial charge >= 0.3 is 0 Å². The molecule has 2 heteroatoms. The molecular formula is C33H64O2. The number of hydrogen-bond donors (Lipinski definition) is 0. The van der Waals surface area contributed by atoms with Gasteiger partial charge in [-0.1, -0.05) is 161 Å². The summed E-state index contributed by atoms with van der Waals surface area (Å²) < 4.78 is 0. The van der Waals surface area contributed by atoms with Gasteiger partial charge in [0.25, 0.3) is 0 Å². The van der Waals surface area contributed by atoms with E-state index >= 15 is 0 Å². The molecule has 0 rings (SSSR count). The van der Waals surface area contributed by atoms with Crippen molar-refractivity contribution in [2.75, 3.05) is 0 Å². The molecule has 208 valence electrons. The van der Waals surface area contributed by atoms with E-state index in [0.29, 0.717) is 5.78 Å². The first-order valence-corrected chi connectivity index (χ1v) is 16.3. The van der Waals surface area contributed by atoms with Crippen molar-refractivity contribution in [2.45, 2.75) is 200 Å². The van der Waals surface area contributed by atoms with E-state index in [-0.39, 0.29) is 0 Å². The molecule has 0 saturated heterocycles. The zero-order chi connectivity index (χ0) is 25.5. The number of ketones is 1. The van der Waals surface area contributed by atoms with Gasteiger partial charge in [0.15, 0.2) is 0 Å². The molecule has 0 atom stereocenters. The first-order chi connectivity index (χ1) is 17.3. The molecule has 0 N–H and O–H groups in total. The third-order valence-electron chi connectivity index (χ3n) is 7.59. The summed E-state index contributed by atoms with van der Waals surface area (Å²) in [5, 5.41) is 0. The maximum Gasteiger partial charge on any atom is 0.132 e. The third kappa shape index (κ3) is 31.3. The highest BCUT2D eigenvalue weighted by Gasteiger charge is 2.02. The fourth-order valence-electron chi connectivity index (χ4n) is 5.14. The molecule has 0 aromatic rings. The van der Waals surface area contributed by atoms with Crippen LogP contribution in [-0.4, -0.2) is 12.1 Å². The Morgan fingerprint density at radius 3 is 0.943 bits per heavy atom. The van der Waals surface area contributed by atoms with E-state index in [1.165, 1.54) is 154 Å². The van der Waals surface area contributed by atoms with Crippen LogP contribution in [0.4, 0.5) is 0 Å². The average Bonchev–Trinajstić information content (AvgIpc) is 2.86. The molecule has 0 radical (unpaired) electrons. The molecule has 2 nitrogen and oxygen atoms in total. The number of unbranched alkanes of at least 4 members (excludes halogenated alkanes) is 26. The van der Waals surface area contributed by atoms with Crippen molar-refractivity contribution in [3.8, 4) is 0 Å². The summed E-state index contributed by atoms with van der Waals surface area (Å²) in [6, 6.07) is 0. The first kappa shape index (κ1) is 34.3. The van der Waals surface area contributed by atoms with Crippen LogP contribution in [0.25, 0.3) is 0 Å². The number of Topliss-reactive ketones (excluding diaryl/α,β-unsaturated/α-hetero) is 1. The standard InChI is InChI=1S/C33H64O2/c1-2-3-4-5-6-7-8-9-10-11-12-13-14-15-16-18-21-24-27-30-33(35)31-28-25-22-19-17-20-23-26-29-32-34/h32H,2-31H2,1H3. The van der Waals surface area contributed by atoms with Crippen LogP contribution in [0, 0.1) is 0 Å². The molecule has 0 aliphatic rings. The molecule has 0 saturated carbocycles. The molecule has 35 heavy (non-hydrogen) atoms. The zero-order valence-electron chi connectivity index (χ0n) is 24.1. The molecule has 0 aromatic heterocycles. The second kappa shape index (κ2) is 31.4. The molecule has 0 unspecified atom stereocenters. The monoisotopic (exact) mass is 492 g/mol. The van der Waals surface area contributed by atoms with Crippen LogP contribution in [0.3, 0.4) is 0 Å². The minimum absolute atomic E-state index is 0.492. The van der Waals surface area contributed by atoms with Gasteiger partial charge in [-0.15, -0.1) is 0 Å². The second-order valence-electron chi connectivity index (χ2n) is 11.2. The Labute approximate surface area is 221 Å². The van der Waals surface area contributed by atoms with Crippen LogP contribution in [0.15, 0.2) is 0 Å². The number of rotatable bonds is 31. The van der Waals surface area contributed by atoms with Crippen molar-refractivity contribution < 1.29 is 9.59 Å². The Morgan fingerprint density at radius 2 is 0.657 bits per heavy atom. The summed E-state index contributed by atoms with van der Waals surface area (Å²) in [5.41, 5.74) is 0. The number of carbonyl (C=O) groups is 2. The van der Waals surface area contributed by atoms with Gasteiger partial charge in [-0.2, -0.15) is 0 Å². The molecule has 0 aliphatic heterocycles. The lowest BCUT2D eigenvalue weighted by Gasteiger charge is -2.04. The van der Waals surface area contributed by atoms with Gasteiger partial charge in [0.1, 0.15) is 12.1 Å². The van der Waals surface area contributed by atoms with E-state index in [9.17, 15) is 9.59 Å². The van der Waals surface area contributed by atoms with Crippen molar-refractivity contribution in [1.29, 1.82) is 0 Å². The molecule has 0 aliphatic carbocycles. The molecule has 0 spiro atoms. The lowest BCUT2D eigenvalue weighted by molar-refractivity contribution is -0.119. The Hall–Kier alpha value is -0.660. The van der Waals surface area contributed by atoms with E-state index in [4.69, 9.17) is 0 Å². The smallest absolute Gasteiger partial charge is 0.132 e. The Morgan fingerprint density at radius 1 is 0.400 bits per heavy atom. The summed E-state index contributed by atoms with van der Waals surface area (Å²) >= 11 is 0. The van der Waals surface area contributed by atoms with Crippen molar-refractivity contribution in [1.82, 2.24) is 0 Å². The van der Waals surface area contributed by atoms with Gasteiger partial charge in [-0.3, -0.25) is 4.79 Å². The summed E-state index contributed by atoms with van der Waals surface area (Å²) in [4.78, 5) is 22.3. The normalized spacial score (nSPS) is 11.2. The predicted molar refractivity (Wildman–Crippen MR) is 155 cm³/mol. The number of hydrogen-bond acceptors (Lipinski definition) is 2. The van der Waals surface area contributed by atoms with Gasteiger partial charge in [0.2, 0.25) is 0 Å². The SMILES string of the molecule is CCCCCCCCCCCCCCCCCCCCCC(=O)CCCCCCCCCCC=O. The first-order valence-electron chi connectivity index (χ1n) is 16.3. The van der Waals surface area contributed by atoms with E-state index < -0.39 is 0 Å². The molecule has 0 fully saturated rings. The minimum Gasteiger partial charge on any atom is -0.303 e. The summed E-state index contributed by atoms with van der Waals surface area (Å²) in [7, 11) is 0. The summed E-state index contributed by atoms with van der Waals surface area (Å²) in [5.74, 6) is 0.492. The zero-order valence-corrected chi connectivity index (χ0v) is 24.1. The highest BCUT2D eigenvalue weighted by molar-refractivity contribution is 5.78. The van der Waals surface area contributed by atoms with Crippen LogP contribution in [-0.2, 0) is 9.59 Å². The average molecular weight is 493 g/mol. The van der Waals surface area contributed by atoms with Crippen LogP contribution in [0.1, 0.15) is 200 Å². The lowest BCUT2D eigenvalue weighted by atomic mass is 10.0. The molecule has 0 heterocycles. The van der Waals surface area contributed by atoms with E-state index in [2.05, 4.69) is 6.92 Å². The lowest BCUT2D eigenvalue weighted by Crippen LogP contribution is -1.97. The van der Waals surface area contributed by atoms with Gasteiger partial charge in [-0.25, -0.2) is 0 Å². The van der Waals surface area contributed by atoms with Crippen LogP contribution in [0.2, 0.25) is 0 Å². The topological polar surface area (TPSA) is 34.1 Å². The van der Waals surface area contributed by atoms with Gasteiger partial charge in [0.05, 0.1) is 0 Å². The molecule has 0 amide bonds. The van der Waals surface area contributed by atoms with Gasteiger partial charge < -0.3 is 4.79 Å². The largest absolute Gasteiger partial charge is 0.303 e. The Kier molecular flexibility index (Phi) is 30.8. The fraction of sp³-hybridized carbons (Fsp3) is 0.939. The van der Waals surface area contributed by atoms with Crippen molar-refractivity contribution >= 4 is 12.1 Å². The van der Waals surface area contributed by atoms with E-state index in [1.807, 2.05) is 0 Å². The molecular weight excluding hydrogens is 428 g/mol. The second-order valence-corrected chi connectivity index (χ2v) is 11.2. The Bertz CT molecular complexity index is 417. The predicted octanol–water partition coefficient (Wildman–Crippen LogP) is 11.5. The van der Waals surface area contributed by atoms with E-state index in [1.54, 1.807) is 0 Å². The number of carbonyl (C=O) groups excluding carboxylic acids is 2. The highest BCUT2D eigenvalue weighted by atomic mass is 16.1. The van der Waals surface area contributed by atoms with Crippen LogP contribution in [0.5, 0.6) is 0 Å². The maximum absolute atomic E-state index is 12.0.